The van der Waals surface area contributed by atoms with Gasteiger partial charge >= 0.3 is 0 Å². The summed E-state index contributed by atoms with van der Waals surface area (Å²) in [7, 11) is 2.16. The van der Waals surface area contributed by atoms with Gasteiger partial charge in [0.05, 0.1) is 0 Å². The second-order valence-corrected chi connectivity index (χ2v) is 5.74. The smallest absolute Gasteiger partial charge is 0.123 e. The van der Waals surface area contributed by atoms with E-state index in [9.17, 15) is 0 Å². The molecule has 1 atom stereocenters. The van der Waals surface area contributed by atoms with Gasteiger partial charge in [-0.05, 0) is 48.1 Å². The quantitative estimate of drug-likeness (QED) is 0.648. The van der Waals surface area contributed by atoms with Gasteiger partial charge in [0.15, 0.2) is 0 Å². The molecule has 0 saturated carbocycles. The van der Waals surface area contributed by atoms with E-state index in [2.05, 4.69) is 45.8 Å². The Morgan fingerprint density at radius 1 is 1.44 bits per heavy atom. The highest BCUT2D eigenvalue weighted by Gasteiger charge is 2.22. The first-order chi connectivity index (χ1) is 8.49. The molecule has 0 radical (unpaired) electrons. The highest BCUT2D eigenvalue weighted by molar-refractivity contribution is 9.10. The van der Waals surface area contributed by atoms with E-state index < -0.39 is 0 Å². The van der Waals surface area contributed by atoms with E-state index >= 15 is 0 Å². The number of rotatable bonds is 2. The lowest BCUT2D eigenvalue weighted by atomic mass is 10.1. The van der Waals surface area contributed by atoms with Gasteiger partial charge in [0, 0.05) is 41.4 Å². The molecule has 1 aliphatic rings. The fourth-order valence-corrected chi connectivity index (χ4v) is 3.00. The zero-order valence-electron chi connectivity index (χ0n) is 10.8. The average molecular weight is 311 g/mol. The first-order valence-electron chi connectivity index (χ1n) is 6.08. The Bertz CT molecular complexity index is 460. The number of piperazine rings is 1. The van der Waals surface area contributed by atoms with Gasteiger partial charge in [-0.15, -0.1) is 0 Å². The normalized spacial score (nSPS) is 21.1. The number of benzene rings is 1. The summed E-state index contributed by atoms with van der Waals surface area (Å²) >= 11 is 3.49. The first kappa shape index (κ1) is 13.4. The summed E-state index contributed by atoms with van der Waals surface area (Å²) in [4.78, 5) is 4.74. The third-order valence-corrected chi connectivity index (χ3v) is 4.06. The molecule has 1 unspecified atom stereocenters. The first-order valence-corrected chi connectivity index (χ1v) is 6.87. The van der Waals surface area contributed by atoms with E-state index in [0.717, 1.165) is 29.7 Å². The number of nitrogens with one attached hydrogen (secondary N) is 1. The summed E-state index contributed by atoms with van der Waals surface area (Å²) < 4.78 is 0.888. The van der Waals surface area contributed by atoms with Crippen LogP contribution >= 0.6 is 15.9 Å². The zero-order chi connectivity index (χ0) is 13.3. The van der Waals surface area contributed by atoms with Crippen LogP contribution in [0, 0.1) is 5.41 Å². The van der Waals surface area contributed by atoms with Crippen LogP contribution in [0.3, 0.4) is 0 Å². The molecule has 0 spiro atoms. The van der Waals surface area contributed by atoms with Gasteiger partial charge in [-0.1, -0.05) is 0 Å². The molecule has 1 aromatic rings. The minimum absolute atomic E-state index is 0.0971. The summed E-state index contributed by atoms with van der Waals surface area (Å²) in [6.45, 7) is 5.43. The summed E-state index contributed by atoms with van der Waals surface area (Å²) in [6, 6.07) is 6.51. The maximum Gasteiger partial charge on any atom is 0.123 e. The van der Waals surface area contributed by atoms with Crippen molar-refractivity contribution in [1.29, 1.82) is 5.41 Å². The topological polar surface area (TPSA) is 56.4 Å². The van der Waals surface area contributed by atoms with E-state index in [-0.39, 0.29) is 5.84 Å². The summed E-state index contributed by atoms with van der Waals surface area (Å²) in [5.41, 5.74) is 7.46. The maximum atomic E-state index is 7.48. The molecule has 0 aromatic heterocycles. The molecule has 4 nitrogen and oxygen atoms in total. The molecule has 1 saturated heterocycles. The van der Waals surface area contributed by atoms with Crippen LogP contribution in [-0.2, 0) is 0 Å². The Balaban J connectivity index is 2.24. The molecular formula is C13H19BrN4. The minimum Gasteiger partial charge on any atom is -0.384 e. The van der Waals surface area contributed by atoms with E-state index in [1.54, 1.807) is 0 Å². The molecule has 98 valence electrons. The standard InChI is InChI=1S/C13H19BrN4/c1-9-8-17(2)5-6-18(9)10-3-4-11(13(15)16)12(14)7-10/h3-4,7,9H,5-6,8H2,1-2H3,(H3,15,16). The van der Waals surface area contributed by atoms with Crippen LogP contribution in [-0.4, -0.2) is 43.5 Å². The molecular weight excluding hydrogens is 292 g/mol. The molecule has 0 bridgehead atoms. The van der Waals surface area contributed by atoms with Gasteiger partial charge in [-0.2, -0.15) is 0 Å². The Hall–Kier alpha value is -1.07. The number of likely N-dealkylation sites (N-methyl/N-ethyl adjacent to an activating group) is 1. The summed E-state index contributed by atoms with van der Waals surface area (Å²) in [5.74, 6) is 0.0971. The zero-order valence-corrected chi connectivity index (χ0v) is 12.4. The number of hydrogen-bond acceptors (Lipinski definition) is 3. The monoisotopic (exact) mass is 310 g/mol. The maximum absolute atomic E-state index is 7.48. The number of hydrogen-bond donors (Lipinski definition) is 2. The van der Waals surface area contributed by atoms with Crippen LogP contribution in [0.25, 0.3) is 0 Å². The number of nitrogens with two attached hydrogens (primary N) is 1. The minimum atomic E-state index is 0.0971. The summed E-state index contributed by atoms with van der Waals surface area (Å²) in [5, 5.41) is 7.48. The van der Waals surface area contributed by atoms with Gasteiger partial charge < -0.3 is 15.5 Å². The summed E-state index contributed by atoms with van der Waals surface area (Å²) in [6.07, 6.45) is 0. The molecule has 1 fully saturated rings. The van der Waals surface area contributed by atoms with E-state index in [0.29, 0.717) is 6.04 Å². The van der Waals surface area contributed by atoms with Gasteiger partial charge in [-0.3, -0.25) is 5.41 Å². The van der Waals surface area contributed by atoms with E-state index in [4.69, 9.17) is 11.1 Å². The van der Waals surface area contributed by atoms with Crippen molar-refractivity contribution >= 4 is 27.5 Å². The van der Waals surface area contributed by atoms with Crippen LogP contribution < -0.4 is 10.6 Å². The highest BCUT2D eigenvalue weighted by Crippen LogP contribution is 2.26. The number of nitrogens with zero attached hydrogens (tertiary/aromatic N) is 2. The van der Waals surface area contributed by atoms with E-state index in [1.165, 1.54) is 5.69 Å². The van der Waals surface area contributed by atoms with Crippen molar-refractivity contribution in [2.45, 2.75) is 13.0 Å². The molecule has 5 heteroatoms. The van der Waals surface area contributed by atoms with Crippen molar-refractivity contribution in [3.63, 3.8) is 0 Å². The van der Waals surface area contributed by atoms with Crippen molar-refractivity contribution in [2.75, 3.05) is 31.6 Å². The lowest BCUT2D eigenvalue weighted by Crippen LogP contribution is -2.50. The van der Waals surface area contributed by atoms with Gasteiger partial charge in [0.2, 0.25) is 0 Å². The Morgan fingerprint density at radius 2 is 2.17 bits per heavy atom. The van der Waals surface area contributed by atoms with Gasteiger partial charge in [0.25, 0.3) is 0 Å². The number of halogens is 1. The van der Waals surface area contributed by atoms with Crippen LogP contribution in [0.5, 0.6) is 0 Å². The lowest BCUT2D eigenvalue weighted by Gasteiger charge is -2.40. The van der Waals surface area contributed by atoms with Crippen LogP contribution in [0.4, 0.5) is 5.69 Å². The molecule has 1 aromatic carbocycles. The SMILES string of the molecule is CC1CN(C)CCN1c1ccc(C(=N)N)c(Br)c1. The Kier molecular flexibility index (Phi) is 3.92. The highest BCUT2D eigenvalue weighted by atomic mass is 79.9. The fraction of sp³-hybridized carbons (Fsp3) is 0.462. The van der Waals surface area contributed by atoms with Crippen molar-refractivity contribution in [3.05, 3.63) is 28.2 Å². The molecule has 1 aliphatic heterocycles. The van der Waals surface area contributed by atoms with Crippen molar-refractivity contribution in [3.8, 4) is 0 Å². The Morgan fingerprint density at radius 3 is 2.72 bits per heavy atom. The third kappa shape index (κ3) is 2.67. The second kappa shape index (κ2) is 5.28. The molecule has 2 rings (SSSR count). The van der Waals surface area contributed by atoms with Crippen LogP contribution in [0.1, 0.15) is 12.5 Å². The third-order valence-electron chi connectivity index (χ3n) is 3.41. The average Bonchev–Trinajstić information content (AvgIpc) is 2.28. The largest absolute Gasteiger partial charge is 0.384 e. The molecule has 0 aliphatic carbocycles. The van der Waals surface area contributed by atoms with Crippen molar-refractivity contribution in [1.82, 2.24) is 4.90 Å². The van der Waals surface area contributed by atoms with Gasteiger partial charge in [-0.25, -0.2) is 0 Å². The van der Waals surface area contributed by atoms with E-state index in [1.807, 2.05) is 12.1 Å². The number of amidine groups is 1. The van der Waals surface area contributed by atoms with Crippen molar-refractivity contribution in [2.24, 2.45) is 5.73 Å². The molecule has 18 heavy (non-hydrogen) atoms. The lowest BCUT2D eigenvalue weighted by molar-refractivity contribution is 0.275. The Labute approximate surface area is 116 Å². The predicted molar refractivity (Wildman–Crippen MR) is 79.5 cm³/mol. The predicted octanol–water partition coefficient (Wildman–Crippen LogP) is 1.87. The van der Waals surface area contributed by atoms with Crippen LogP contribution in [0.2, 0.25) is 0 Å². The number of nitrogen functional groups attached to an aromatic ring is 1. The van der Waals surface area contributed by atoms with Crippen LogP contribution in [0.15, 0.2) is 22.7 Å². The fourth-order valence-electron chi connectivity index (χ4n) is 2.42. The molecule has 1 heterocycles. The van der Waals surface area contributed by atoms with Gasteiger partial charge in [0.1, 0.15) is 5.84 Å². The van der Waals surface area contributed by atoms with Crippen molar-refractivity contribution < 1.29 is 0 Å². The second-order valence-electron chi connectivity index (χ2n) is 4.88. The molecule has 3 N–H and O–H groups in total. The molecule has 0 amide bonds. The number of anilines is 1.